The van der Waals surface area contributed by atoms with E-state index >= 15 is 0 Å². The fourth-order valence-corrected chi connectivity index (χ4v) is 2.91. The predicted octanol–water partition coefficient (Wildman–Crippen LogP) is 5.49. The largest absolute Gasteiger partial charge is 0.256 e. The van der Waals surface area contributed by atoms with E-state index in [-0.39, 0.29) is 0 Å². The zero-order valence-corrected chi connectivity index (χ0v) is 12.8. The van der Waals surface area contributed by atoms with E-state index in [0.717, 1.165) is 12.1 Å². The van der Waals surface area contributed by atoms with Crippen LogP contribution in [-0.2, 0) is 6.42 Å². The first-order chi connectivity index (χ1) is 11.4. The van der Waals surface area contributed by atoms with Crippen LogP contribution in [0, 0.1) is 0 Å². The zero-order valence-electron chi connectivity index (χ0n) is 12.8. The summed E-state index contributed by atoms with van der Waals surface area (Å²) >= 11 is 0. The molecule has 4 rings (SSSR count). The number of nitrogens with zero attached hydrogens (tertiary/aromatic N) is 1. The Morgan fingerprint density at radius 1 is 0.609 bits per heavy atom. The zero-order chi connectivity index (χ0) is 15.5. The quantitative estimate of drug-likeness (QED) is 0.487. The number of rotatable bonds is 3. The van der Waals surface area contributed by atoms with Gasteiger partial charge in [-0.15, -0.1) is 0 Å². The van der Waals surface area contributed by atoms with E-state index in [1.807, 2.05) is 12.3 Å². The van der Waals surface area contributed by atoms with E-state index in [9.17, 15) is 0 Å². The smallest absolute Gasteiger partial charge is 0.0708 e. The molecule has 0 amide bonds. The lowest BCUT2D eigenvalue weighted by Crippen LogP contribution is -1.90. The molecule has 1 aromatic heterocycles. The van der Waals surface area contributed by atoms with Gasteiger partial charge in [-0.25, -0.2) is 0 Å². The first-order valence-electron chi connectivity index (χ1n) is 7.86. The summed E-state index contributed by atoms with van der Waals surface area (Å²) in [6.45, 7) is 0. The first-order valence-corrected chi connectivity index (χ1v) is 7.86. The minimum Gasteiger partial charge on any atom is -0.256 e. The van der Waals surface area contributed by atoms with E-state index in [1.165, 1.54) is 27.5 Å². The molecule has 23 heavy (non-hydrogen) atoms. The molecule has 0 bridgehead atoms. The van der Waals surface area contributed by atoms with Gasteiger partial charge in [0, 0.05) is 17.1 Å². The van der Waals surface area contributed by atoms with Gasteiger partial charge in [-0.3, -0.25) is 4.98 Å². The standard InChI is InChI=1S/C22H17N/c1-2-7-17(8-3-1)13-18-9-6-12-20(14-18)22-15-19-10-4-5-11-21(19)16-23-22/h1-12,14-16H,13H2. The number of pyridine rings is 1. The molecule has 4 aromatic rings. The van der Waals surface area contributed by atoms with Crippen LogP contribution < -0.4 is 0 Å². The highest BCUT2D eigenvalue weighted by molar-refractivity contribution is 5.85. The number of hydrogen-bond donors (Lipinski definition) is 0. The van der Waals surface area contributed by atoms with Crippen LogP contribution in [-0.4, -0.2) is 4.98 Å². The van der Waals surface area contributed by atoms with Crippen molar-refractivity contribution in [1.82, 2.24) is 4.98 Å². The fourth-order valence-electron chi connectivity index (χ4n) is 2.91. The Morgan fingerprint density at radius 2 is 1.35 bits per heavy atom. The Morgan fingerprint density at radius 3 is 2.22 bits per heavy atom. The maximum atomic E-state index is 4.63. The molecule has 0 aliphatic carbocycles. The monoisotopic (exact) mass is 295 g/mol. The third-order valence-electron chi connectivity index (χ3n) is 4.10. The highest BCUT2D eigenvalue weighted by atomic mass is 14.7. The van der Waals surface area contributed by atoms with Crippen molar-refractivity contribution in [2.75, 3.05) is 0 Å². The average Bonchev–Trinajstić information content (AvgIpc) is 2.62. The molecular formula is C22H17N. The SMILES string of the molecule is c1ccc(Cc2cccc(-c3cc4ccccc4cn3)c2)cc1. The second-order valence-corrected chi connectivity index (χ2v) is 5.78. The van der Waals surface area contributed by atoms with Gasteiger partial charge in [0.05, 0.1) is 5.69 Å². The van der Waals surface area contributed by atoms with Gasteiger partial charge in [-0.05, 0) is 35.1 Å². The lowest BCUT2D eigenvalue weighted by Gasteiger charge is -2.07. The van der Waals surface area contributed by atoms with Gasteiger partial charge in [0.2, 0.25) is 0 Å². The van der Waals surface area contributed by atoms with Gasteiger partial charge in [-0.1, -0.05) is 72.8 Å². The van der Waals surface area contributed by atoms with Crippen LogP contribution in [0.1, 0.15) is 11.1 Å². The van der Waals surface area contributed by atoms with Crippen molar-refractivity contribution in [1.29, 1.82) is 0 Å². The maximum absolute atomic E-state index is 4.63. The Hall–Kier alpha value is -2.93. The molecule has 1 heteroatoms. The minimum absolute atomic E-state index is 0.947. The van der Waals surface area contributed by atoms with Gasteiger partial charge < -0.3 is 0 Å². The topological polar surface area (TPSA) is 12.9 Å². The predicted molar refractivity (Wildman–Crippen MR) is 96.4 cm³/mol. The van der Waals surface area contributed by atoms with Gasteiger partial charge in [0.1, 0.15) is 0 Å². The van der Waals surface area contributed by atoms with Crippen LogP contribution in [0.25, 0.3) is 22.0 Å². The highest BCUT2D eigenvalue weighted by Gasteiger charge is 2.03. The Kier molecular flexibility index (Phi) is 3.61. The number of hydrogen-bond acceptors (Lipinski definition) is 1. The van der Waals surface area contributed by atoms with Crippen LogP contribution in [0.2, 0.25) is 0 Å². The number of fused-ring (bicyclic) bond motifs is 1. The van der Waals surface area contributed by atoms with Crippen molar-refractivity contribution in [3.8, 4) is 11.3 Å². The second-order valence-electron chi connectivity index (χ2n) is 5.78. The fraction of sp³-hybridized carbons (Fsp3) is 0.0455. The molecule has 0 aliphatic rings. The molecule has 0 spiro atoms. The molecule has 3 aromatic carbocycles. The summed E-state index contributed by atoms with van der Waals surface area (Å²) in [5.74, 6) is 0. The summed E-state index contributed by atoms with van der Waals surface area (Å²) in [4.78, 5) is 4.63. The van der Waals surface area contributed by atoms with Crippen LogP contribution in [0.3, 0.4) is 0 Å². The van der Waals surface area contributed by atoms with E-state index < -0.39 is 0 Å². The molecule has 0 aliphatic heterocycles. The van der Waals surface area contributed by atoms with Crippen molar-refractivity contribution >= 4 is 10.8 Å². The Balaban J connectivity index is 1.69. The summed E-state index contributed by atoms with van der Waals surface area (Å²) in [5, 5.41) is 2.41. The normalized spacial score (nSPS) is 10.8. The molecule has 0 fully saturated rings. The Labute approximate surface area is 136 Å². The molecule has 110 valence electrons. The Bertz CT molecular complexity index is 942. The molecule has 1 nitrogen and oxygen atoms in total. The van der Waals surface area contributed by atoms with E-state index in [2.05, 4.69) is 83.8 Å². The molecule has 0 unspecified atom stereocenters. The number of aromatic nitrogens is 1. The third-order valence-corrected chi connectivity index (χ3v) is 4.10. The minimum atomic E-state index is 0.947. The summed E-state index contributed by atoms with van der Waals surface area (Å²) in [5.41, 5.74) is 4.84. The summed E-state index contributed by atoms with van der Waals surface area (Å²) in [7, 11) is 0. The third kappa shape index (κ3) is 3.00. The van der Waals surface area contributed by atoms with Gasteiger partial charge in [0.25, 0.3) is 0 Å². The van der Waals surface area contributed by atoms with Crippen LogP contribution in [0.15, 0.2) is 91.1 Å². The highest BCUT2D eigenvalue weighted by Crippen LogP contribution is 2.23. The lowest BCUT2D eigenvalue weighted by atomic mass is 10.0. The molecule has 0 saturated carbocycles. The van der Waals surface area contributed by atoms with Gasteiger partial charge in [-0.2, -0.15) is 0 Å². The van der Waals surface area contributed by atoms with Crippen molar-refractivity contribution < 1.29 is 0 Å². The summed E-state index contributed by atoms with van der Waals surface area (Å²) in [6, 6.07) is 29.7. The van der Waals surface area contributed by atoms with Crippen molar-refractivity contribution in [2.24, 2.45) is 0 Å². The van der Waals surface area contributed by atoms with Crippen LogP contribution in [0.4, 0.5) is 0 Å². The van der Waals surface area contributed by atoms with E-state index in [1.54, 1.807) is 0 Å². The van der Waals surface area contributed by atoms with Gasteiger partial charge >= 0.3 is 0 Å². The maximum Gasteiger partial charge on any atom is 0.0708 e. The van der Waals surface area contributed by atoms with E-state index in [0.29, 0.717) is 0 Å². The van der Waals surface area contributed by atoms with Crippen LogP contribution >= 0.6 is 0 Å². The lowest BCUT2D eigenvalue weighted by molar-refractivity contribution is 1.19. The molecule has 0 saturated heterocycles. The molecule has 0 radical (unpaired) electrons. The molecular weight excluding hydrogens is 278 g/mol. The van der Waals surface area contributed by atoms with Gasteiger partial charge in [0.15, 0.2) is 0 Å². The number of benzene rings is 3. The van der Waals surface area contributed by atoms with E-state index in [4.69, 9.17) is 0 Å². The summed E-state index contributed by atoms with van der Waals surface area (Å²) < 4.78 is 0. The van der Waals surface area contributed by atoms with Crippen LogP contribution in [0.5, 0.6) is 0 Å². The summed E-state index contributed by atoms with van der Waals surface area (Å²) in [6.07, 6.45) is 2.90. The van der Waals surface area contributed by atoms with Crippen molar-refractivity contribution in [3.05, 3.63) is 102 Å². The molecule has 1 heterocycles. The molecule has 0 atom stereocenters. The first kappa shape index (κ1) is 13.7. The molecule has 0 N–H and O–H groups in total. The van der Waals surface area contributed by atoms with Crippen molar-refractivity contribution in [2.45, 2.75) is 6.42 Å². The van der Waals surface area contributed by atoms with Crippen molar-refractivity contribution in [3.63, 3.8) is 0 Å². The average molecular weight is 295 g/mol. The second kappa shape index (κ2) is 6.05.